The van der Waals surface area contributed by atoms with Crippen molar-refractivity contribution in [1.29, 1.82) is 0 Å². The minimum Gasteiger partial charge on any atom is -0.444 e. The smallest absolute Gasteiger partial charge is 0.416 e. The molecule has 0 spiro atoms. The Labute approximate surface area is 273 Å². The highest BCUT2D eigenvalue weighted by Crippen LogP contribution is 2.41. The molecular weight excluding hydrogens is 642 g/mol. The van der Waals surface area contributed by atoms with Gasteiger partial charge in [0.15, 0.2) is 0 Å². The third-order valence-corrected chi connectivity index (χ3v) is 8.19. The van der Waals surface area contributed by atoms with E-state index >= 15 is 4.39 Å². The van der Waals surface area contributed by atoms with Gasteiger partial charge >= 0.3 is 12.3 Å². The number of likely N-dealkylation sites (N-methyl/N-ethyl adjacent to an activating group) is 1. The maximum atomic E-state index is 15.4. The number of alkyl halides is 3. The molecule has 0 bridgehead atoms. The number of pyridine rings is 1. The summed E-state index contributed by atoms with van der Waals surface area (Å²) in [6, 6.07) is 4.14. The Morgan fingerprint density at radius 2 is 1.73 bits per heavy atom. The Hall–Kier alpha value is -4.96. The SMILES string of the molecule is Cc1cc(C(F)(F)F)cc(N2C(=O)C[C@@H]3CN(CC(=O)NNC(=O)C4CN(C(=O)OC(C)(C)C)C4)c4c(F)cccc4N(C)C(=O)[C@H]32)n1. The second-order valence-corrected chi connectivity index (χ2v) is 13.0. The van der Waals surface area contributed by atoms with E-state index in [9.17, 15) is 37.1 Å². The first-order chi connectivity index (χ1) is 22.3. The summed E-state index contributed by atoms with van der Waals surface area (Å²) in [5.41, 5.74) is 2.77. The molecule has 0 saturated carbocycles. The molecule has 5 amide bonds. The quantitative estimate of drug-likeness (QED) is 0.372. The van der Waals surface area contributed by atoms with Crippen LogP contribution in [0.25, 0.3) is 0 Å². The molecule has 258 valence electrons. The Bertz CT molecular complexity index is 1660. The van der Waals surface area contributed by atoms with Crippen LogP contribution in [0.5, 0.6) is 0 Å². The highest BCUT2D eigenvalue weighted by Gasteiger charge is 2.50. The van der Waals surface area contributed by atoms with Crippen LogP contribution < -0.4 is 25.6 Å². The zero-order chi connectivity index (χ0) is 35.3. The minimum absolute atomic E-state index is 0.0186. The second-order valence-electron chi connectivity index (χ2n) is 13.0. The number of halogens is 4. The Kier molecular flexibility index (Phi) is 9.01. The van der Waals surface area contributed by atoms with Gasteiger partial charge in [-0.3, -0.25) is 34.9 Å². The van der Waals surface area contributed by atoms with Gasteiger partial charge in [-0.2, -0.15) is 13.2 Å². The minimum atomic E-state index is -4.74. The van der Waals surface area contributed by atoms with Crippen molar-refractivity contribution in [2.24, 2.45) is 11.8 Å². The molecule has 0 unspecified atom stereocenters. The van der Waals surface area contributed by atoms with Crippen molar-refractivity contribution < 1.29 is 46.3 Å². The fourth-order valence-corrected chi connectivity index (χ4v) is 5.97. The molecule has 0 aliphatic carbocycles. The first-order valence-corrected chi connectivity index (χ1v) is 15.1. The molecule has 3 aliphatic rings. The summed E-state index contributed by atoms with van der Waals surface area (Å²) in [6.07, 6.45) is -5.60. The fourth-order valence-electron chi connectivity index (χ4n) is 5.97. The number of hydrogen-bond acceptors (Lipinski definition) is 8. The summed E-state index contributed by atoms with van der Waals surface area (Å²) in [5.74, 6) is -5.27. The van der Waals surface area contributed by atoms with Gasteiger partial charge in [0.05, 0.1) is 29.4 Å². The van der Waals surface area contributed by atoms with Gasteiger partial charge in [0.2, 0.25) is 17.7 Å². The molecule has 2 N–H and O–H groups in total. The fraction of sp³-hybridized carbons (Fsp3) is 0.484. The monoisotopic (exact) mass is 677 g/mol. The number of hydrazine groups is 1. The molecule has 2 atom stereocenters. The Balaban J connectivity index is 1.34. The van der Waals surface area contributed by atoms with Crippen LogP contribution in [-0.2, 0) is 30.1 Å². The average molecular weight is 678 g/mol. The second kappa shape index (κ2) is 12.6. The van der Waals surface area contributed by atoms with E-state index < -0.39 is 77.3 Å². The van der Waals surface area contributed by atoms with Gasteiger partial charge < -0.3 is 19.4 Å². The summed E-state index contributed by atoms with van der Waals surface area (Å²) in [7, 11) is 1.34. The molecule has 2 fully saturated rings. The third kappa shape index (κ3) is 6.99. The highest BCUT2D eigenvalue weighted by atomic mass is 19.4. The van der Waals surface area contributed by atoms with E-state index in [1.165, 1.54) is 35.9 Å². The van der Waals surface area contributed by atoms with Crippen LogP contribution in [0.15, 0.2) is 30.3 Å². The molecule has 2 aromatic rings. The van der Waals surface area contributed by atoms with E-state index in [1.807, 2.05) is 0 Å². The number of benzene rings is 1. The van der Waals surface area contributed by atoms with Gasteiger partial charge in [-0.25, -0.2) is 14.2 Å². The molecular formula is C31H35F4N7O6. The van der Waals surface area contributed by atoms with Gasteiger partial charge in [0.1, 0.15) is 23.3 Å². The number of carbonyl (C=O) groups is 5. The summed E-state index contributed by atoms with van der Waals surface area (Å²) in [4.78, 5) is 73.9. The Morgan fingerprint density at radius 3 is 2.38 bits per heavy atom. The number of likely N-dealkylation sites (tertiary alicyclic amines) is 1. The lowest BCUT2D eigenvalue weighted by Crippen LogP contribution is -2.59. The number of amides is 5. The number of aromatic nitrogens is 1. The van der Waals surface area contributed by atoms with Crippen LogP contribution in [-0.4, -0.2) is 84.5 Å². The summed E-state index contributed by atoms with van der Waals surface area (Å²) < 4.78 is 61.6. The van der Waals surface area contributed by atoms with Crippen LogP contribution in [0.3, 0.4) is 0 Å². The molecule has 5 rings (SSSR count). The number of rotatable bonds is 4. The molecule has 2 saturated heterocycles. The highest BCUT2D eigenvalue weighted by molar-refractivity contribution is 6.10. The van der Waals surface area contributed by atoms with E-state index in [2.05, 4.69) is 15.8 Å². The molecule has 3 aliphatic heterocycles. The summed E-state index contributed by atoms with van der Waals surface area (Å²) in [5, 5.41) is 0. The van der Waals surface area contributed by atoms with Crippen molar-refractivity contribution in [3.63, 3.8) is 0 Å². The van der Waals surface area contributed by atoms with Crippen molar-refractivity contribution in [1.82, 2.24) is 20.7 Å². The predicted octanol–water partition coefficient (Wildman–Crippen LogP) is 2.77. The molecule has 4 heterocycles. The number of nitrogens with one attached hydrogen (secondary N) is 2. The van der Waals surface area contributed by atoms with Crippen molar-refractivity contribution in [2.75, 3.05) is 47.9 Å². The van der Waals surface area contributed by atoms with Gasteiger partial charge in [-0.15, -0.1) is 0 Å². The molecule has 0 radical (unpaired) electrons. The topological polar surface area (TPSA) is 144 Å². The van der Waals surface area contributed by atoms with Crippen LogP contribution >= 0.6 is 0 Å². The van der Waals surface area contributed by atoms with Crippen LogP contribution in [0.2, 0.25) is 0 Å². The molecule has 1 aromatic heterocycles. The zero-order valence-electron chi connectivity index (χ0n) is 26.9. The van der Waals surface area contributed by atoms with Gasteiger partial charge in [-0.1, -0.05) is 6.07 Å². The number of para-hydroxylation sites is 1. The maximum absolute atomic E-state index is 15.4. The number of anilines is 3. The Morgan fingerprint density at radius 1 is 1.04 bits per heavy atom. The molecule has 1 aromatic carbocycles. The van der Waals surface area contributed by atoms with Gasteiger partial charge in [-0.05, 0) is 52.0 Å². The summed E-state index contributed by atoms with van der Waals surface area (Å²) in [6.45, 7) is 5.90. The lowest BCUT2D eigenvalue weighted by atomic mass is 9.95. The van der Waals surface area contributed by atoms with E-state index in [1.54, 1.807) is 20.8 Å². The van der Waals surface area contributed by atoms with E-state index in [0.29, 0.717) is 6.07 Å². The van der Waals surface area contributed by atoms with Crippen LogP contribution in [0.1, 0.15) is 38.4 Å². The number of aryl methyl sites for hydroxylation is 1. The van der Waals surface area contributed by atoms with Crippen molar-refractivity contribution in [3.05, 3.63) is 47.4 Å². The van der Waals surface area contributed by atoms with Crippen molar-refractivity contribution in [2.45, 2.75) is 51.9 Å². The van der Waals surface area contributed by atoms with Crippen molar-refractivity contribution in [3.8, 4) is 0 Å². The number of fused-ring (bicyclic) bond motifs is 2. The van der Waals surface area contributed by atoms with Gasteiger partial charge in [0, 0.05) is 44.7 Å². The lowest BCUT2D eigenvalue weighted by Gasteiger charge is -2.39. The van der Waals surface area contributed by atoms with E-state index in [4.69, 9.17) is 4.74 Å². The lowest BCUT2D eigenvalue weighted by molar-refractivity contribution is -0.137. The van der Waals surface area contributed by atoms with Crippen molar-refractivity contribution >= 4 is 46.9 Å². The largest absolute Gasteiger partial charge is 0.444 e. The van der Waals surface area contributed by atoms with E-state index in [-0.39, 0.29) is 48.9 Å². The van der Waals surface area contributed by atoms with Crippen LogP contribution in [0.4, 0.5) is 39.5 Å². The predicted molar refractivity (Wildman–Crippen MR) is 163 cm³/mol. The van der Waals surface area contributed by atoms with Gasteiger partial charge in [0.25, 0.3) is 5.91 Å². The zero-order valence-corrected chi connectivity index (χ0v) is 26.9. The van der Waals surface area contributed by atoms with Crippen LogP contribution in [0, 0.1) is 24.6 Å². The average Bonchev–Trinajstić information content (AvgIpc) is 3.26. The third-order valence-electron chi connectivity index (χ3n) is 8.19. The maximum Gasteiger partial charge on any atom is 0.416 e. The first-order valence-electron chi connectivity index (χ1n) is 15.1. The first kappa shape index (κ1) is 34.4. The standard InChI is InChI=1S/C31H35F4N7O6/c1-16-9-19(31(33,34)35)11-22(36-16)42-24(44)10-17-12-40(26-20(32)7-6-8-21(26)39(5)28(46)25(17)42)15-23(43)37-38-27(45)18-13-41(14-18)29(47)48-30(2,3)4/h6-9,11,17-18,25H,10,12-15H2,1-5H3,(H,37,43)(H,38,45)/t17-,25+/m1/s1. The molecule has 48 heavy (non-hydrogen) atoms. The number of hydrogen-bond donors (Lipinski definition) is 2. The van der Waals surface area contributed by atoms with E-state index in [0.717, 1.165) is 21.9 Å². The number of nitrogens with zero attached hydrogens (tertiary/aromatic N) is 5. The number of ether oxygens (including phenoxy) is 1. The summed E-state index contributed by atoms with van der Waals surface area (Å²) >= 11 is 0. The number of carbonyl (C=O) groups excluding carboxylic acids is 5. The normalized spacial score (nSPS) is 20.0. The molecule has 13 nitrogen and oxygen atoms in total. The molecule has 17 heteroatoms.